The van der Waals surface area contributed by atoms with Crippen LogP contribution in [0.4, 0.5) is 10.5 Å². The average Bonchev–Trinajstić information content (AvgIpc) is 2.84. The number of urea groups is 1. The molecule has 3 amide bonds. The molecular weight excluding hydrogens is 442 g/mol. The molecule has 0 bridgehead atoms. The molecule has 184 valence electrons. The summed E-state index contributed by atoms with van der Waals surface area (Å²) in [4.78, 5) is 39.7. The van der Waals surface area contributed by atoms with E-state index in [9.17, 15) is 14.4 Å². The number of rotatable bonds is 9. The van der Waals surface area contributed by atoms with Crippen LogP contribution in [-0.2, 0) is 14.3 Å². The van der Waals surface area contributed by atoms with E-state index in [1.54, 1.807) is 42.2 Å². The molecule has 7 nitrogen and oxygen atoms in total. The van der Waals surface area contributed by atoms with E-state index in [4.69, 9.17) is 4.74 Å². The van der Waals surface area contributed by atoms with Crippen LogP contribution in [0.3, 0.4) is 0 Å². The number of nitrogens with one attached hydrogen (secondary N) is 2. The zero-order valence-electron chi connectivity index (χ0n) is 20.7. The number of nitrogens with zero attached hydrogens (tertiary/aromatic N) is 1. The quantitative estimate of drug-likeness (QED) is 0.381. The molecular formula is C28H33N3O4. The van der Waals surface area contributed by atoms with Gasteiger partial charge in [0.2, 0.25) is 5.91 Å². The highest BCUT2D eigenvalue weighted by atomic mass is 16.5. The number of benzene rings is 2. The Hall–Kier alpha value is -3.87. The van der Waals surface area contributed by atoms with Crippen LogP contribution in [0.1, 0.15) is 51.3 Å². The lowest BCUT2D eigenvalue weighted by molar-refractivity contribution is -0.140. The van der Waals surface area contributed by atoms with E-state index < -0.39 is 12.0 Å². The predicted molar refractivity (Wildman–Crippen MR) is 137 cm³/mol. The van der Waals surface area contributed by atoms with Gasteiger partial charge in [-0.05, 0) is 48.6 Å². The van der Waals surface area contributed by atoms with Gasteiger partial charge in [0, 0.05) is 24.0 Å². The van der Waals surface area contributed by atoms with Crippen molar-refractivity contribution in [3.63, 3.8) is 0 Å². The van der Waals surface area contributed by atoms with Gasteiger partial charge in [-0.2, -0.15) is 0 Å². The lowest BCUT2D eigenvalue weighted by atomic mass is 9.94. The minimum Gasteiger partial charge on any atom is -0.462 e. The first-order chi connectivity index (χ1) is 16.8. The largest absolute Gasteiger partial charge is 0.462 e. The zero-order valence-corrected chi connectivity index (χ0v) is 20.7. The second kappa shape index (κ2) is 12.0. The summed E-state index contributed by atoms with van der Waals surface area (Å²) in [6, 6.07) is 15.8. The van der Waals surface area contributed by atoms with Crippen LogP contribution >= 0.6 is 0 Å². The number of hydrogen-bond donors (Lipinski definition) is 2. The predicted octanol–water partition coefficient (Wildman–Crippen LogP) is 5.29. The monoisotopic (exact) mass is 475 g/mol. The van der Waals surface area contributed by atoms with Gasteiger partial charge in [0.25, 0.3) is 0 Å². The van der Waals surface area contributed by atoms with E-state index in [2.05, 4.69) is 10.6 Å². The molecule has 2 aromatic carbocycles. The van der Waals surface area contributed by atoms with E-state index in [0.717, 1.165) is 17.5 Å². The molecule has 1 atom stereocenters. The third kappa shape index (κ3) is 6.82. The molecule has 0 fully saturated rings. The first-order valence-electron chi connectivity index (χ1n) is 11.9. The van der Waals surface area contributed by atoms with Crippen LogP contribution in [0, 0.1) is 5.92 Å². The Kier molecular flexibility index (Phi) is 8.84. The highest BCUT2D eigenvalue weighted by Crippen LogP contribution is 2.32. The van der Waals surface area contributed by atoms with Gasteiger partial charge in [-0.3, -0.25) is 9.69 Å². The number of carbonyl (C=O) groups excluding carboxylic acids is 3. The summed E-state index contributed by atoms with van der Waals surface area (Å²) < 4.78 is 5.53. The number of anilines is 1. The van der Waals surface area contributed by atoms with Crippen molar-refractivity contribution < 1.29 is 19.1 Å². The van der Waals surface area contributed by atoms with Gasteiger partial charge in [-0.1, -0.05) is 63.2 Å². The van der Waals surface area contributed by atoms with Crippen LogP contribution in [-0.4, -0.2) is 36.0 Å². The van der Waals surface area contributed by atoms with Crippen LogP contribution in [0.15, 0.2) is 71.9 Å². The van der Waals surface area contributed by atoms with Crippen LogP contribution in [0.2, 0.25) is 0 Å². The van der Waals surface area contributed by atoms with Gasteiger partial charge in [-0.25, -0.2) is 9.59 Å². The van der Waals surface area contributed by atoms with Gasteiger partial charge in [-0.15, -0.1) is 0 Å². The third-order valence-corrected chi connectivity index (χ3v) is 5.55. The van der Waals surface area contributed by atoms with E-state index in [0.29, 0.717) is 30.1 Å². The van der Waals surface area contributed by atoms with Crippen molar-refractivity contribution in [1.29, 1.82) is 0 Å². The first kappa shape index (κ1) is 25.7. The molecule has 1 unspecified atom stereocenters. The third-order valence-electron chi connectivity index (χ3n) is 5.55. The minimum atomic E-state index is -0.641. The Morgan fingerprint density at radius 2 is 1.80 bits per heavy atom. The molecule has 0 spiro atoms. The maximum absolute atomic E-state index is 13.0. The summed E-state index contributed by atoms with van der Waals surface area (Å²) in [6.07, 6.45) is 3.98. The lowest BCUT2D eigenvalue weighted by Crippen LogP contribution is -2.48. The van der Waals surface area contributed by atoms with Crippen molar-refractivity contribution in [2.75, 3.05) is 18.5 Å². The van der Waals surface area contributed by atoms with Crippen molar-refractivity contribution in [3.8, 4) is 0 Å². The summed E-state index contributed by atoms with van der Waals surface area (Å²) in [6.45, 7) is 8.50. The van der Waals surface area contributed by atoms with E-state index in [1.807, 2.05) is 51.1 Å². The Bertz CT molecular complexity index is 1100. The van der Waals surface area contributed by atoms with Gasteiger partial charge in [0.05, 0.1) is 18.2 Å². The summed E-state index contributed by atoms with van der Waals surface area (Å²) in [5.74, 6) is -0.496. The summed E-state index contributed by atoms with van der Waals surface area (Å²) in [5.41, 5.74) is 3.28. The van der Waals surface area contributed by atoms with E-state index in [1.165, 1.54) is 6.08 Å². The van der Waals surface area contributed by atoms with E-state index >= 15 is 0 Å². The van der Waals surface area contributed by atoms with Crippen molar-refractivity contribution in [2.45, 2.75) is 40.2 Å². The number of amides is 3. The van der Waals surface area contributed by atoms with Gasteiger partial charge in [0.15, 0.2) is 0 Å². The molecule has 1 aliphatic heterocycles. The standard InChI is InChI=1S/C28H33N3O4/c1-5-17-31-20(4)25(27(33)35-18-19(2)3)26(30-28(31)34)22-12-14-23(15-13-22)29-24(32)16-11-21-9-7-6-8-10-21/h6-16,19,26H,5,17-18H2,1-4H3,(H,29,32)(H,30,34). The normalized spacial score (nSPS) is 16.0. The summed E-state index contributed by atoms with van der Waals surface area (Å²) in [5, 5.41) is 5.77. The fourth-order valence-corrected chi connectivity index (χ4v) is 3.79. The van der Waals surface area contributed by atoms with Gasteiger partial charge >= 0.3 is 12.0 Å². The number of hydrogen-bond acceptors (Lipinski definition) is 4. The number of carbonyl (C=O) groups is 3. The van der Waals surface area contributed by atoms with Crippen LogP contribution < -0.4 is 10.6 Å². The Morgan fingerprint density at radius 1 is 1.11 bits per heavy atom. The molecule has 3 rings (SSSR count). The molecule has 1 aliphatic rings. The first-order valence-corrected chi connectivity index (χ1v) is 11.9. The van der Waals surface area contributed by atoms with Gasteiger partial charge < -0.3 is 15.4 Å². The highest BCUT2D eigenvalue weighted by Gasteiger charge is 2.36. The maximum Gasteiger partial charge on any atom is 0.338 e. The smallest absolute Gasteiger partial charge is 0.338 e. The molecule has 0 aromatic heterocycles. The topological polar surface area (TPSA) is 87.7 Å². The van der Waals surface area contributed by atoms with E-state index in [-0.39, 0.29) is 17.9 Å². The Morgan fingerprint density at radius 3 is 2.43 bits per heavy atom. The molecule has 0 saturated heterocycles. The second-order valence-corrected chi connectivity index (χ2v) is 8.88. The fourth-order valence-electron chi connectivity index (χ4n) is 3.79. The molecule has 7 heteroatoms. The van der Waals surface area contributed by atoms with Crippen molar-refractivity contribution in [3.05, 3.63) is 83.1 Å². The lowest BCUT2D eigenvalue weighted by Gasteiger charge is -2.35. The molecule has 1 heterocycles. The Labute approximate surface area is 206 Å². The molecule has 2 aromatic rings. The van der Waals surface area contributed by atoms with Crippen molar-refractivity contribution >= 4 is 29.7 Å². The molecule has 2 N–H and O–H groups in total. The summed E-state index contributed by atoms with van der Waals surface area (Å²) >= 11 is 0. The molecule has 0 saturated carbocycles. The van der Waals surface area contributed by atoms with Crippen molar-refractivity contribution in [2.24, 2.45) is 5.92 Å². The summed E-state index contributed by atoms with van der Waals surface area (Å²) in [7, 11) is 0. The van der Waals surface area contributed by atoms with Crippen molar-refractivity contribution in [1.82, 2.24) is 10.2 Å². The second-order valence-electron chi connectivity index (χ2n) is 8.88. The SMILES string of the molecule is CCCN1C(=O)NC(c2ccc(NC(=O)C=Cc3ccccc3)cc2)C(C(=O)OCC(C)C)=C1C. The number of esters is 1. The number of allylic oxidation sites excluding steroid dienone is 1. The molecule has 35 heavy (non-hydrogen) atoms. The average molecular weight is 476 g/mol. The van der Waals surface area contributed by atoms with Crippen LogP contribution in [0.25, 0.3) is 6.08 Å². The van der Waals surface area contributed by atoms with Crippen LogP contribution in [0.5, 0.6) is 0 Å². The fraction of sp³-hybridized carbons (Fsp3) is 0.321. The minimum absolute atomic E-state index is 0.196. The number of ether oxygens (including phenoxy) is 1. The highest BCUT2D eigenvalue weighted by molar-refractivity contribution is 6.02. The zero-order chi connectivity index (χ0) is 25.4. The maximum atomic E-state index is 13.0. The molecule has 0 radical (unpaired) electrons. The molecule has 0 aliphatic carbocycles. The Balaban J connectivity index is 1.79. The van der Waals surface area contributed by atoms with Gasteiger partial charge in [0.1, 0.15) is 0 Å².